The Balaban J connectivity index is 0.000000434. The average Bonchev–Trinajstić information content (AvgIpc) is 2.91. The number of methoxy groups -OCH3 is 1. The predicted molar refractivity (Wildman–Crippen MR) is 96.2 cm³/mol. The Labute approximate surface area is 148 Å². The number of hydrogen-bond acceptors (Lipinski definition) is 4. The molecule has 0 saturated heterocycles. The molecule has 1 aliphatic heterocycles. The van der Waals surface area contributed by atoms with Crippen LogP contribution >= 0.6 is 0 Å². The topological polar surface area (TPSA) is 87.7 Å². The fourth-order valence-corrected chi connectivity index (χ4v) is 1.89. The van der Waals surface area contributed by atoms with Crippen LogP contribution in [0.2, 0.25) is 0 Å². The first-order chi connectivity index (χ1) is 11.9. The molecule has 1 aromatic carbocycles. The van der Waals surface area contributed by atoms with Crippen LogP contribution in [0.5, 0.6) is 5.75 Å². The van der Waals surface area contributed by atoms with Crippen molar-refractivity contribution in [1.82, 2.24) is 15.5 Å². The van der Waals surface area contributed by atoms with E-state index in [2.05, 4.69) is 11.2 Å². The minimum Gasteiger partial charge on any atom is -0.497 e. The molecule has 0 aliphatic carbocycles. The SMILES string of the molecule is C#CC(C)NC(=O)NC=O.CC.COc1ccc2c(c1)C(=O)N(C)C2. The van der Waals surface area contributed by atoms with E-state index in [-0.39, 0.29) is 11.9 Å². The number of rotatable bonds is 3. The van der Waals surface area contributed by atoms with Gasteiger partial charge in [-0.2, -0.15) is 0 Å². The number of benzene rings is 1. The van der Waals surface area contributed by atoms with Gasteiger partial charge in [0.2, 0.25) is 6.41 Å². The van der Waals surface area contributed by atoms with E-state index in [4.69, 9.17) is 11.2 Å². The van der Waals surface area contributed by atoms with E-state index in [1.165, 1.54) is 0 Å². The van der Waals surface area contributed by atoms with Gasteiger partial charge in [0.1, 0.15) is 5.75 Å². The smallest absolute Gasteiger partial charge is 0.322 e. The Morgan fingerprint density at radius 3 is 2.60 bits per heavy atom. The van der Waals surface area contributed by atoms with Gasteiger partial charge in [-0.1, -0.05) is 25.8 Å². The molecule has 0 bridgehead atoms. The average molecular weight is 347 g/mol. The molecule has 1 atom stereocenters. The van der Waals surface area contributed by atoms with Gasteiger partial charge < -0.3 is 15.0 Å². The van der Waals surface area contributed by atoms with E-state index in [1.807, 2.05) is 31.3 Å². The maximum Gasteiger partial charge on any atom is 0.322 e. The van der Waals surface area contributed by atoms with Crippen molar-refractivity contribution in [3.63, 3.8) is 0 Å². The number of hydrogen-bond donors (Lipinski definition) is 2. The maximum absolute atomic E-state index is 11.5. The molecule has 1 unspecified atom stereocenters. The summed E-state index contributed by atoms with van der Waals surface area (Å²) < 4.78 is 5.05. The largest absolute Gasteiger partial charge is 0.497 e. The van der Waals surface area contributed by atoms with Crippen molar-refractivity contribution >= 4 is 18.3 Å². The van der Waals surface area contributed by atoms with Crippen LogP contribution in [0, 0.1) is 12.3 Å². The molecule has 7 heteroatoms. The molecule has 4 amide bonds. The Bertz CT molecular complexity index is 638. The van der Waals surface area contributed by atoms with Gasteiger partial charge in [-0.15, -0.1) is 6.42 Å². The van der Waals surface area contributed by atoms with E-state index in [1.54, 1.807) is 32.0 Å². The zero-order valence-electron chi connectivity index (χ0n) is 15.3. The molecule has 25 heavy (non-hydrogen) atoms. The van der Waals surface area contributed by atoms with Crippen molar-refractivity contribution in [2.45, 2.75) is 33.4 Å². The summed E-state index contributed by atoms with van der Waals surface area (Å²) in [4.78, 5) is 33.4. The Hall–Kier alpha value is -3.01. The number of amides is 4. The van der Waals surface area contributed by atoms with E-state index < -0.39 is 6.03 Å². The summed E-state index contributed by atoms with van der Waals surface area (Å²) >= 11 is 0. The minimum atomic E-state index is -0.583. The number of fused-ring (bicyclic) bond motifs is 1. The van der Waals surface area contributed by atoms with Gasteiger partial charge in [-0.05, 0) is 24.6 Å². The standard InChI is InChI=1S/C10H11NO2.C6H8N2O2.C2H6/c1-11-6-7-3-4-8(13-2)5-9(7)10(11)12;1-3-5(2)8-6(10)7-4-9;1-2/h3-5H,6H2,1-2H3;1,4-5H,2H3,(H2,7,8,9,10);1-2H3. The zero-order chi connectivity index (χ0) is 19.4. The van der Waals surface area contributed by atoms with Gasteiger partial charge in [0.15, 0.2) is 0 Å². The van der Waals surface area contributed by atoms with Crippen molar-refractivity contribution < 1.29 is 19.1 Å². The lowest BCUT2D eigenvalue weighted by molar-refractivity contribution is -0.108. The summed E-state index contributed by atoms with van der Waals surface area (Å²) in [5.41, 5.74) is 1.84. The summed E-state index contributed by atoms with van der Waals surface area (Å²) in [6, 6.07) is 4.67. The Morgan fingerprint density at radius 1 is 1.44 bits per heavy atom. The molecule has 0 radical (unpaired) electrons. The fraction of sp³-hybridized carbons (Fsp3) is 0.389. The van der Waals surface area contributed by atoms with Crippen LogP contribution in [-0.4, -0.2) is 43.4 Å². The normalized spacial score (nSPS) is 12.2. The molecule has 7 nitrogen and oxygen atoms in total. The van der Waals surface area contributed by atoms with Crippen LogP contribution in [0.15, 0.2) is 18.2 Å². The van der Waals surface area contributed by atoms with Gasteiger partial charge in [0.05, 0.1) is 13.2 Å². The van der Waals surface area contributed by atoms with Crippen molar-refractivity contribution in [2.24, 2.45) is 0 Å². The third kappa shape index (κ3) is 6.96. The van der Waals surface area contributed by atoms with Crippen LogP contribution < -0.4 is 15.4 Å². The molecule has 136 valence electrons. The van der Waals surface area contributed by atoms with Crippen LogP contribution in [0.4, 0.5) is 4.79 Å². The molecule has 0 saturated carbocycles. The van der Waals surface area contributed by atoms with Crippen molar-refractivity contribution in [2.75, 3.05) is 14.2 Å². The number of imide groups is 1. The van der Waals surface area contributed by atoms with Gasteiger partial charge in [-0.3, -0.25) is 14.9 Å². The first kappa shape index (κ1) is 22.0. The van der Waals surface area contributed by atoms with E-state index >= 15 is 0 Å². The van der Waals surface area contributed by atoms with Crippen molar-refractivity contribution in [3.8, 4) is 18.1 Å². The van der Waals surface area contributed by atoms with Gasteiger partial charge in [0, 0.05) is 19.2 Å². The predicted octanol–water partition coefficient (Wildman–Crippen LogP) is 1.77. The molecule has 1 aliphatic rings. The summed E-state index contributed by atoms with van der Waals surface area (Å²) in [5.74, 6) is 3.08. The highest BCUT2D eigenvalue weighted by Crippen LogP contribution is 2.25. The second kappa shape index (κ2) is 11.5. The minimum absolute atomic E-state index is 0.0777. The summed E-state index contributed by atoms with van der Waals surface area (Å²) in [5, 5.41) is 4.20. The highest BCUT2D eigenvalue weighted by atomic mass is 16.5. The molecule has 0 spiro atoms. The molecule has 0 aromatic heterocycles. The zero-order valence-corrected chi connectivity index (χ0v) is 15.3. The van der Waals surface area contributed by atoms with Crippen LogP contribution in [-0.2, 0) is 11.3 Å². The van der Waals surface area contributed by atoms with Gasteiger partial charge >= 0.3 is 6.03 Å². The highest BCUT2D eigenvalue weighted by Gasteiger charge is 2.24. The number of urea groups is 1. The second-order valence-corrected chi connectivity index (χ2v) is 4.81. The van der Waals surface area contributed by atoms with Gasteiger partial charge in [-0.25, -0.2) is 4.79 Å². The lowest BCUT2D eigenvalue weighted by Gasteiger charge is -2.04. The number of terminal acetylenes is 1. The van der Waals surface area contributed by atoms with E-state index in [9.17, 15) is 14.4 Å². The molecule has 1 heterocycles. The third-order valence-corrected chi connectivity index (χ3v) is 3.09. The van der Waals surface area contributed by atoms with Crippen molar-refractivity contribution in [3.05, 3.63) is 29.3 Å². The number of nitrogens with one attached hydrogen (secondary N) is 2. The summed E-state index contributed by atoms with van der Waals surface area (Å²) in [6.45, 7) is 6.34. The van der Waals surface area contributed by atoms with Crippen molar-refractivity contribution in [1.29, 1.82) is 0 Å². The number of carbonyl (C=O) groups is 3. The summed E-state index contributed by atoms with van der Waals surface area (Å²) in [6.07, 6.45) is 5.23. The monoisotopic (exact) mass is 347 g/mol. The van der Waals surface area contributed by atoms with Crippen LogP contribution in [0.1, 0.15) is 36.7 Å². The molecule has 0 fully saturated rings. The fourth-order valence-electron chi connectivity index (χ4n) is 1.89. The Kier molecular flexibility index (Phi) is 10.1. The van der Waals surface area contributed by atoms with Crippen LogP contribution in [0.3, 0.4) is 0 Å². The first-order valence-corrected chi connectivity index (χ1v) is 7.82. The quantitative estimate of drug-likeness (QED) is 0.644. The van der Waals surface area contributed by atoms with Gasteiger partial charge in [0.25, 0.3) is 5.91 Å². The lowest BCUT2D eigenvalue weighted by atomic mass is 10.1. The van der Waals surface area contributed by atoms with E-state index in [0.717, 1.165) is 16.9 Å². The lowest BCUT2D eigenvalue weighted by Crippen LogP contribution is -2.39. The maximum atomic E-state index is 11.5. The number of nitrogens with zero attached hydrogens (tertiary/aromatic N) is 1. The number of ether oxygens (including phenoxy) is 1. The molecular formula is C18H25N3O4. The Morgan fingerprint density at radius 2 is 2.08 bits per heavy atom. The van der Waals surface area contributed by atoms with E-state index in [0.29, 0.717) is 13.0 Å². The summed E-state index contributed by atoms with van der Waals surface area (Å²) in [7, 11) is 3.40. The number of carbonyl (C=O) groups excluding carboxylic acids is 3. The molecule has 2 N–H and O–H groups in total. The second-order valence-electron chi connectivity index (χ2n) is 4.81. The molecular weight excluding hydrogens is 322 g/mol. The highest BCUT2D eigenvalue weighted by molar-refractivity contribution is 5.98. The molecule has 2 rings (SSSR count). The molecule has 1 aromatic rings. The van der Waals surface area contributed by atoms with Crippen LogP contribution in [0.25, 0.3) is 0 Å². The first-order valence-electron chi connectivity index (χ1n) is 7.82. The third-order valence-electron chi connectivity index (χ3n) is 3.09.